The van der Waals surface area contributed by atoms with Gasteiger partial charge in [0, 0.05) is 29.2 Å². The Morgan fingerprint density at radius 2 is 2.19 bits per heavy atom. The summed E-state index contributed by atoms with van der Waals surface area (Å²) in [6.07, 6.45) is 0.916. The Kier molecular flexibility index (Phi) is 4.23. The molecular formula is C19H17N3O3S. The molecule has 132 valence electrons. The summed E-state index contributed by atoms with van der Waals surface area (Å²) in [5.41, 5.74) is 2.01. The summed E-state index contributed by atoms with van der Waals surface area (Å²) in [4.78, 5) is 18.9. The van der Waals surface area contributed by atoms with E-state index in [0.29, 0.717) is 22.0 Å². The van der Waals surface area contributed by atoms with E-state index >= 15 is 0 Å². The maximum atomic E-state index is 12.6. The Bertz CT molecular complexity index is 1060. The number of ether oxygens (including phenoxy) is 1. The Labute approximate surface area is 153 Å². The lowest BCUT2D eigenvalue weighted by atomic mass is 10.2. The Hall–Kier alpha value is -2.69. The average molecular weight is 367 g/mol. The van der Waals surface area contributed by atoms with Crippen LogP contribution in [0.2, 0.25) is 0 Å². The molecule has 0 saturated heterocycles. The van der Waals surface area contributed by atoms with Crippen molar-refractivity contribution in [3.63, 3.8) is 0 Å². The second-order valence-corrected chi connectivity index (χ2v) is 7.64. The highest BCUT2D eigenvalue weighted by atomic mass is 32.1. The van der Waals surface area contributed by atoms with Gasteiger partial charge in [0.1, 0.15) is 12.4 Å². The topological polar surface area (TPSA) is 87.6 Å². The van der Waals surface area contributed by atoms with Crippen LogP contribution in [0.15, 0.2) is 35.1 Å². The van der Waals surface area contributed by atoms with Crippen LogP contribution in [0.5, 0.6) is 5.75 Å². The fourth-order valence-corrected chi connectivity index (χ4v) is 4.28. The Morgan fingerprint density at radius 1 is 1.42 bits per heavy atom. The molecule has 1 saturated carbocycles. The van der Waals surface area contributed by atoms with Gasteiger partial charge in [0.15, 0.2) is 4.96 Å². The summed E-state index contributed by atoms with van der Waals surface area (Å²) in [5, 5.41) is 18.1. The number of aliphatic hydroxyl groups is 1. The zero-order chi connectivity index (χ0) is 18.3. The van der Waals surface area contributed by atoms with Crippen molar-refractivity contribution in [2.75, 3.05) is 6.61 Å². The molecule has 2 aromatic heterocycles. The number of fused-ring (bicyclic) bond motifs is 1. The number of aromatic nitrogens is 2. The first-order valence-corrected chi connectivity index (χ1v) is 9.18. The predicted octanol–water partition coefficient (Wildman–Crippen LogP) is 2.61. The molecule has 0 radical (unpaired) electrons. The third-order valence-corrected chi connectivity index (χ3v) is 5.64. The van der Waals surface area contributed by atoms with Gasteiger partial charge in [0.25, 0.3) is 5.56 Å². The van der Waals surface area contributed by atoms with Gasteiger partial charge in [-0.15, -0.1) is 11.3 Å². The molecule has 2 heterocycles. The van der Waals surface area contributed by atoms with Gasteiger partial charge in [0.2, 0.25) is 0 Å². The van der Waals surface area contributed by atoms with Crippen LogP contribution >= 0.6 is 11.3 Å². The lowest BCUT2D eigenvalue weighted by Crippen LogP contribution is -2.17. The summed E-state index contributed by atoms with van der Waals surface area (Å²) < 4.78 is 7.35. The number of thiazole rings is 1. The van der Waals surface area contributed by atoms with Crippen molar-refractivity contribution >= 4 is 16.3 Å². The summed E-state index contributed by atoms with van der Waals surface area (Å²) in [6.45, 7) is 2.33. The predicted molar refractivity (Wildman–Crippen MR) is 97.5 cm³/mol. The molecule has 0 aliphatic heterocycles. The third kappa shape index (κ3) is 2.98. The molecule has 4 rings (SSSR count). The smallest absolute Gasteiger partial charge is 0.259 e. The number of nitriles is 1. The number of nitrogens with zero attached hydrogens (tertiary/aromatic N) is 3. The molecule has 1 N–H and O–H groups in total. The summed E-state index contributed by atoms with van der Waals surface area (Å²) >= 11 is 1.49. The molecule has 1 fully saturated rings. The monoisotopic (exact) mass is 367 g/mol. The van der Waals surface area contributed by atoms with E-state index in [-0.39, 0.29) is 30.6 Å². The van der Waals surface area contributed by atoms with E-state index in [9.17, 15) is 9.90 Å². The van der Waals surface area contributed by atoms with Gasteiger partial charge in [-0.2, -0.15) is 5.26 Å². The first-order valence-electron chi connectivity index (χ1n) is 8.36. The fraction of sp³-hybridized carbons (Fsp3) is 0.316. The fourth-order valence-electron chi connectivity index (χ4n) is 3.21. The SMILES string of the molecule is Cc1sc2nc(COc3ccc(C#N)cc3)cc(=O)n2c1[C@@H]1C[C@H]1CO. The Morgan fingerprint density at radius 3 is 2.85 bits per heavy atom. The summed E-state index contributed by atoms with van der Waals surface area (Å²) in [5.74, 6) is 1.12. The number of aryl methyl sites for hydroxylation is 1. The normalized spacial score (nSPS) is 18.7. The van der Waals surface area contributed by atoms with E-state index in [0.717, 1.165) is 17.0 Å². The maximum Gasteiger partial charge on any atom is 0.259 e. The van der Waals surface area contributed by atoms with E-state index in [1.807, 2.05) is 6.92 Å². The van der Waals surface area contributed by atoms with Gasteiger partial charge in [0.05, 0.1) is 17.3 Å². The van der Waals surface area contributed by atoms with E-state index in [4.69, 9.17) is 10.00 Å². The van der Waals surface area contributed by atoms with Gasteiger partial charge >= 0.3 is 0 Å². The van der Waals surface area contributed by atoms with Gasteiger partial charge in [-0.1, -0.05) is 0 Å². The van der Waals surface area contributed by atoms with Crippen molar-refractivity contribution in [3.05, 3.63) is 62.5 Å². The van der Waals surface area contributed by atoms with E-state index < -0.39 is 0 Å². The van der Waals surface area contributed by atoms with E-state index in [2.05, 4.69) is 11.1 Å². The van der Waals surface area contributed by atoms with Crippen LogP contribution < -0.4 is 10.3 Å². The van der Waals surface area contributed by atoms with Crippen molar-refractivity contribution < 1.29 is 9.84 Å². The molecular weight excluding hydrogens is 350 g/mol. The molecule has 0 amide bonds. The summed E-state index contributed by atoms with van der Waals surface area (Å²) in [6, 6.07) is 10.4. The molecule has 3 aromatic rings. The second kappa shape index (κ2) is 6.56. The number of hydrogen-bond acceptors (Lipinski definition) is 6. The Balaban J connectivity index is 1.59. The highest BCUT2D eigenvalue weighted by molar-refractivity contribution is 7.17. The van der Waals surface area contributed by atoms with E-state index in [1.165, 1.54) is 17.4 Å². The van der Waals surface area contributed by atoms with Crippen LogP contribution in [0.25, 0.3) is 4.96 Å². The van der Waals surface area contributed by atoms with Crippen LogP contribution in [-0.2, 0) is 6.61 Å². The minimum Gasteiger partial charge on any atom is -0.487 e. The molecule has 6 nitrogen and oxygen atoms in total. The van der Waals surface area contributed by atoms with Crippen LogP contribution in [0, 0.1) is 24.2 Å². The standard InChI is InChI=1S/C19H17N3O3S/c1-11-18(16-6-13(16)9-23)22-17(24)7-14(21-19(22)26-11)10-25-15-4-2-12(8-20)3-5-15/h2-5,7,13,16,23H,6,9-10H2,1H3/t13-,16+/m0/s1. The minimum absolute atomic E-state index is 0.114. The lowest BCUT2D eigenvalue weighted by Gasteiger charge is -2.06. The van der Waals surface area contributed by atoms with Crippen LogP contribution in [0.1, 0.15) is 34.2 Å². The first kappa shape index (κ1) is 16.8. The highest BCUT2D eigenvalue weighted by Crippen LogP contribution is 2.49. The van der Waals surface area contributed by atoms with Crippen molar-refractivity contribution in [3.8, 4) is 11.8 Å². The van der Waals surface area contributed by atoms with Crippen molar-refractivity contribution in [1.82, 2.24) is 9.38 Å². The molecule has 2 atom stereocenters. The molecule has 7 heteroatoms. The molecule has 0 bridgehead atoms. The molecule has 0 spiro atoms. The zero-order valence-electron chi connectivity index (χ0n) is 14.2. The van der Waals surface area contributed by atoms with Crippen LogP contribution in [0.3, 0.4) is 0 Å². The van der Waals surface area contributed by atoms with Crippen molar-refractivity contribution in [1.29, 1.82) is 5.26 Å². The number of benzene rings is 1. The molecule has 1 aliphatic carbocycles. The van der Waals surface area contributed by atoms with Gasteiger partial charge in [-0.25, -0.2) is 4.98 Å². The van der Waals surface area contributed by atoms with Gasteiger partial charge in [-0.05, 0) is 43.5 Å². The lowest BCUT2D eigenvalue weighted by molar-refractivity contribution is 0.273. The van der Waals surface area contributed by atoms with Crippen LogP contribution in [0.4, 0.5) is 0 Å². The highest BCUT2D eigenvalue weighted by Gasteiger charge is 2.41. The van der Waals surface area contributed by atoms with Crippen molar-refractivity contribution in [2.45, 2.75) is 25.9 Å². The molecule has 0 unspecified atom stereocenters. The van der Waals surface area contributed by atoms with Gasteiger partial charge < -0.3 is 9.84 Å². The number of aliphatic hydroxyl groups excluding tert-OH is 1. The maximum absolute atomic E-state index is 12.6. The number of hydrogen-bond donors (Lipinski definition) is 1. The minimum atomic E-state index is -0.114. The molecule has 1 aliphatic rings. The van der Waals surface area contributed by atoms with Gasteiger partial charge in [-0.3, -0.25) is 9.20 Å². The molecule has 26 heavy (non-hydrogen) atoms. The van der Waals surface area contributed by atoms with E-state index in [1.54, 1.807) is 28.7 Å². The quantitative estimate of drug-likeness (QED) is 0.749. The van der Waals surface area contributed by atoms with Crippen LogP contribution in [-0.4, -0.2) is 21.1 Å². The largest absolute Gasteiger partial charge is 0.487 e. The number of rotatable bonds is 5. The second-order valence-electron chi connectivity index (χ2n) is 6.46. The first-order chi connectivity index (χ1) is 12.6. The average Bonchev–Trinajstić information content (AvgIpc) is 3.34. The third-order valence-electron chi connectivity index (χ3n) is 4.67. The molecule has 1 aromatic carbocycles. The zero-order valence-corrected chi connectivity index (χ0v) is 15.0. The summed E-state index contributed by atoms with van der Waals surface area (Å²) in [7, 11) is 0. The van der Waals surface area contributed by atoms with Crippen molar-refractivity contribution in [2.24, 2.45) is 5.92 Å².